The van der Waals surface area contributed by atoms with Crippen molar-refractivity contribution in [3.63, 3.8) is 0 Å². The zero-order valence-corrected chi connectivity index (χ0v) is 17.4. The summed E-state index contributed by atoms with van der Waals surface area (Å²) in [6.45, 7) is 6.76. The van der Waals surface area contributed by atoms with E-state index >= 15 is 0 Å². The number of fused-ring (bicyclic) bond motifs is 1. The van der Waals surface area contributed by atoms with Crippen LogP contribution in [0.1, 0.15) is 38.6 Å². The minimum atomic E-state index is -0.165. The zero-order chi connectivity index (χ0) is 20.5. The average molecular weight is 408 g/mol. The van der Waals surface area contributed by atoms with Crippen LogP contribution in [0.4, 0.5) is 0 Å². The summed E-state index contributed by atoms with van der Waals surface area (Å²) in [7, 11) is 0. The predicted molar refractivity (Wildman–Crippen MR) is 114 cm³/mol. The maximum absolute atomic E-state index is 13.5. The second-order valence-electron chi connectivity index (χ2n) is 7.31. The molecule has 2 heterocycles. The van der Waals surface area contributed by atoms with Gasteiger partial charge < -0.3 is 13.7 Å². The highest BCUT2D eigenvalue weighted by Crippen LogP contribution is 2.31. The van der Waals surface area contributed by atoms with E-state index in [4.69, 9.17) is 20.4 Å². The maximum Gasteiger partial charge on any atom is 0.290 e. The second-order valence-corrected chi connectivity index (χ2v) is 7.74. The van der Waals surface area contributed by atoms with Crippen molar-refractivity contribution in [3.8, 4) is 0 Å². The number of hydrogen-bond acceptors (Lipinski definition) is 3. The van der Waals surface area contributed by atoms with E-state index in [0.29, 0.717) is 29.6 Å². The second kappa shape index (κ2) is 7.80. The molecule has 0 unspecified atom stereocenters. The summed E-state index contributed by atoms with van der Waals surface area (Å²) in [5.41, 5.74) is 4.80. The number of hydrogen-bond donors (Lipinski definition) is 0. The van der Waals surface area contributed by atoms with E-state index in [-0.39, 0.29) is 5.91 Å². The fourth-order valence-electron chi connectivity index (χ4n) is 3.47. The number of carbonyl (C=O) groups excluding carboxylic acids is 1. The molecule has 0 saturated heterocycles. The van der Waals surface area contributed by atoms with E-state index in [2.05, 4.69) is 6.07 Å². The van der Waals surface area contributed by atoms with Crippen LogP contribution in [0.3, 0.4) is 0 Å². The molecule has 0 radical (unpaired) electrons. The van der Waals surface area contributed by atoms with Gasteiger partial charge in [0.05, 0.1) is 12.8 Å². The van der Waals surface area contributed by atoms with Crippen LogP contribution in [0.15, 0.2) is 63.6 Å². The lowest BCUT2D eigenvalue weighted by Gasteiger charge is -2.21. The van der Waals surface area contributed by atoms with E-state index in [0.717, 1.165) is 33.2 Å². The van der Waals surface area contributed by atoms with Crippen molar-refractivity contribution in [2.45, 2.75) is 33.9 Å². The summed E-state index contributed by atoms with van der Waals surface area (Å²) >= 11 is 6.00. The van der Waals surface area contributed by atoms with Crippen molar-refractivity contribution in [2.24, 2.45) is 0 Å². The molecule has 148 valence electrons. The molecule has 1 amide bonds. The first kappa shape index (κ1) is 19.3. The van der Waals surface area contributed by atoms with Crippen LogP contribution in [0.5, 0.6) is 0 Å². The number of nitrogens with zero attached hydrogens (tertiary/aromatic N) is 1. The fraction of sp³-hybridized carbons (Fsp3) is 0.208. The van der Waals surface area contributed by atoms with E-state index in [1.165, 1.54) is 0 Å². The average Bonchev–Trinajstić information content (AvgIpc) is 3.34. The maximum atomic E-state index is 13.5. The minimum Gasteiger partial charge on any atom is -0.467 e. The third-order valence-electron chi connectivity index (χ3n) is 5.32. The molecule has 0 N–H and O–H groups in total. The molecule has 0 aliphatic carbocycles. The van der Waals surface area contributed by atoms with E-state index < -0.39 is 0 Å². The smallest absolute Gasteiger partial charge is 0.290 e. The standard InChI is InChI=1S/C24H22ClNO3/c1-15-6-11-21-17(3)23(29-22(21)16(15)2)24(27)26(14-20-5-4-12-28-20)13-18-7-9-19(25)10-8-18/h4-12H,13-14H2,1-3H3. The number of furan rings is 2. The van der Waals surface area contributed by atoms with Crippen LogP contribution < -0.4 is 0 Å². The Hall–Kier alpha value is -2.98. The number of halogens is 1. The van der Waals surface area contributed by atoms with Gasteiger partial charge in [0, 0.05) is 22.5 Å². The summed E-state index contributed by atoms with van der Waals surface area (Å²) in [5.74, 6) is 0.921. The molecule has 0 atom stereocenters. The lowest BCUT2D eigenvalue weighted by Crippen LogP contribution is -2.30. The number of carbonyl (C=O) groups is 1. The molecule has 29 heavy (non-hydrogen) atoms. The summed E-state index contributed by atoms with van der Waals surface area (Å²) < 4.78 is 11.6. The molecule has 2 aromatic carbocycles. The van der Waals surface area contributed by atoms with Crippen molar-refractivity contribution in [2.75, 3.05) is 0 Å². The predicted octanol–water partition coefficient (Wildman–Crippen LogP) is 6.45. The molecular formula is C24H22ClNO3. The summed E-state index contributed by atoms with van der Waals surface area (Å²) in [6, 6.07) is 15.2. The van der Waals surface area contributed by atoms with Gasteiger partial charge in [-0.25, -0.2) is 0 Å². The van der Waals surface area contributed by atoms with Crippen molar-refractivity contribution in [1.29, 1.82) is 0 Å². The van der Waals surface area contributed by atoms with E-state index in [1.807, 2.05) is 63.2 Å². The molecule has 4 nitrogen and oxygen atoms in total. The first-order valence-electron chi connectivity index (χ1n) is 9.49. The van der Waals surface area contributed by atoms with Gasteiger partial charge >= 0.3 is 0 Å². The van der Waals surface area contributed by atoms with Gasteiger partial charge in [0.25, 0.3) is 5.91 Å². The normalized spacial score (nSPS) is 11.2. The molecule has 2 aromatic heterocycles. The van der Waals surface area contributed by atoms with Gasteiger partial charge in [-0.3, -0.25) is 4.79 Å². The van der Waals surface area contributed by atoms with Crippen LogP contribution in [-0.4, -0.2) is 10.8 Å². The third-order valence-corrected chi connectivity index (χ3v) is 5.57. The Balaban J connectivity index is 1.72. The van der Waals surface area contributed by atoms with E-state index in [1.54, 1.807) is 11.2 Å². The monoisotopic (exact) mass is 407 g/mol. The highest BCUT2D eigenvalue weighted by atomic mass is 35.5. The Morgan fingerprint density at radius 3 is 2.41 bits per heavy atom. The molecular weight excluding hydrogens is 386 g/mol. The third kappa shape index (κ3) is 3.81. The molecule has 4 aromatic rings. The Morgan fingerprint density at radius 1 is 0.966 bits per heavy atom. The highest BCUT2D eigenvalue weighted by Gasteiger charge is 2.25. The number of rotatable bonds is 5. The Kier molecular flexibility index (Phi) is 5.20. The molecule has 0 fully saturated rings. The van der Waals surface area contributed by atoms with Crippen molar-refractivity contribution < 1.29 is 13.6 Å². The first-order chi connectivity index (χ1) is 13.9. The minimum absolute atomic E-state index is 0.165. The molecule has 0 spiro atoms. The van der Waals surface area contributed by atoms with Gasteiger partial charge in [0.2, 0.25) is 0 Å². The SMILES string of the molecule is Cc1ccc2c(C)c(C(=O)N(Cc3ccc(Cl)cc3)Cc3ccco3)oc2c1C. The molecule has 0 saturated carbocycles. The molecule has 5 heteroatoms. The van der Waals surface area contributed by atoms with Gasteiger partial charge in [0.15, 0.2) is 5.76 Å². The van der Waals surface area contributed by atoms with Crippen LogP contribution in [-0.2, 0) is 13.1 Å². The van der Waals surface area contributed by atoms with Crippen LogP contribution in [0.25, 0.3) is 11.0 Å². The number of amides is 1. The highest BCUT2D eigenvalue weighted by molar-refractivity contribution is 6.30. The quantitative estimate of drug-likeness (QED) is 0.382. The largest absolute Gasteiger partial charge is 0.467 e. The fourth-order valence-corrected chi connectivity index (χ4v) is 3.59. The number of benzene rings is 2. The molecule has 4 rings (SSSR count). The zero-order valence-electron chi connectivity index (χ0n) is 16.7. The summed E-state index contributed by atoms with van der Waals surface area (Å²) in [5, 5.41) is 1.64. The van der Waals surface area contributed by atoms with Gasteiger partial charge in [-0.1, -0.05) is 35.9 Å². The Bertz CT molecular complexity index is 1160. The summed E-state index contributed by atoms with van der Waals surface area (Å²) in [4.78, 5) is 15.2. The Labute approximate surface area is 174 Å². The van der Waals surface area contributed by atoms with E-state index in [9.17, 15) is 4.79 Å². The lowest BCUT2D eigenvalue weighted by molar-refractivity contribution is 0.0686. The van der Waals surface area contributed by atoms with Crippen LogP contribution >= 0.6 is 11.6 Å². The molecule has 0 aliphatic heterocycles. The van der Waals surface area contributed by atoms with Gasteiger partial charge in [-0.2, -0.15) is 0 Å². The first-order valence-corrected chi connectivity index (χ1v) is 9.87. The van der Waals surface area contributed by atoms with Crippen molar-refractivity contribution in [1.82, 2.24) is 4.90 Å². The lowest BCUT2D eigenvalue weighted by atomic mass is 10.0. The van der Waals surface area contributed by atoms with Gasteiger partial charge in [-0.05, 0) is 61.7 Å². The summed E-state index contributed by atoms with van der Waals surface area (Å²) in [6.07, 6.45) is 1.61. The Morgan fingerprint density at radius 2 is 1.72 bits per heavy atom. The van der Waals surface area contributed by atoms with Gasteiger partial charge in [-0.15, -0.1) is 0 Å². The van der Waals surface area contributed by atoms with Gasteiger partial charge in [0.1, 0.15) is 11.3 Å². The number of aryl methyl sites for hydroxylation is 3. The van der Waals surface area contributed by atoms with Crippen LogP contribution in [0.2, 0.25) is 5.02 Å². The van der Waals surface area contributed by atoms with Crippen molar-refractivity contribution in [3.05, 3.63) is 93.6 Å². The van der Waals surface area contributed by atoms with Crippen molar-refractivity contribution >= 4 is 28.5 Å². The molecule has 0 aliphatic rings. The molecule has 0 bridgehead atoms. The van der Waals surface area contributed by atoms with Crippen LogP contribution in [0, 0.1) is 20.8 Å². The topological polar surface area (TPSA) is 46.6 Å².